The summed E-state index contributed by atoms with van der Waals surface area (Å²) in [6.07, 6.45) is 13.0. The zero-order valence-electron chi connectivity index (χ0n) is 10.7. The van der Waals surface area contributed by atoms with Crippen LogP contribution in [0.3, 0.4) is 0 Å². The van der Waals surface area contributed by atoms with Gasteiger partial charge in [0.15, 0.2) is 0 Å². The summed E-state index contributed by atoms with van der Waals surface area (Å²) < 4.78 is 5.85. The first-order valence-electron chi connectivity index (χ1n) is 7.07. The summed E-state index contributed by atoms with van der Waals surface area (Å²) in [6, 6.07) is 0.260. The Bertz CT molecular complexity index is 205. The van der Waals surface area contributed by atoms with Gasteiger partial charge in [0.25, 0.3) is 0 Å². The van der Waals surface area contributed by atoms with E-state index in [1.807, 2.05) is 7.11 Å². The fourth-order valence-electron chi connectivity index (χ4n) is 3.14. The molecule has 2 aliphatic rings. The quantitative estimate of drug-likeness (QED) is 0.729. The minimum Gasteiger partial charge on any atom is -0.377 e. The average molecular weight is 225 g/mol. The molecule has 2 heteroatoms. The lowest BCUT2D eigenvalue weighted by atomic mass is 9.84. The Morgan fingerprint density at radius 1 is 1.19 bits per heavy atom. The van der Waals surface area contributed by atoms with E-state index in [2.05, 4.69) is 0 Å². The van der Waals surface area contributed by atoms with Crippen LogP contribution in [0.5, 0.6) is 0 Å². The number of methoxy groups -OCH3 is 1. The van der Waals surface area contributed by atoms with Crippen LogP contribution in [0.2, 0.25) is 0 Å². The van der Waals surface area contributed by atoms with Gasteiger partial charge in [0.2, 0.25) is 0 Å². The topological polar surface area (TPSA) is 35.2 Å². The third-order valence-corrected chi connectivity index (χ3v) is 4.62. The standard InChI is InChI=1S/C14H27NO/c1-16-14(10-4-2-3-5-11-14)13(15)9-8-12-6-7-12/h12-13H,2-11,15H2,1H3. The van der Waals surface area contributed by atoms with Gasteiger partial charge in [-0.05, 0) is 31.6 Å². The van der Waals surface area contributed by atoms with Crippen molar-refractivity contribution in [1.29, 1.82) is 0 Å². The first-order valence-corrected chi connectivity index (χ1v) is 7.07. The predicted octanol–water partition coefficient (Wildman–Crippen LogP) is 3.24. The van der Waals surface area contributed by atoms with Gasteiger partial charge in [0, 0.05) is 13.2 Å². The first kappa shape index (κ1) is 12.4. The fraction of sp³-hybridized carbons (Fsp3) is 1.00. The van der Waals surface area contributed by atoms with Crippen LogP contribution < -0.4 is 5.73 Å². The van der Waals surface area contributed by atoms with E-state index in [0.717, 1.165) is 5.92 Å². The molecule has 0 aromatic carbocycles. The predicted molar refractivity (Wildman–Crippen MR) is 67.4 cm³/mol. The molecule has 16 heavy (non-hydrogen) atoms. The average Bonchev–Trinajstić information content (AvgIpc) is 3.13. The minimum atomic E-state index is 0.00535. The molecule has 0 amide bonds. The van der Waals surface area contributed by atoms with Gasteiger partial charge in [-0.1, -0.05) is 38.5 Å². The van der Waals surface area contributed by atoms with Crippen molar-refractivity contribution in [2.45, 2.75) is 75.9 Å². The molecule has 2 fully saturated rings. The molecule has 0 aromatic heterocycles. The minimum absolute atomic E-state index is 0.00535. The molecule has 0 saturated heterocycles. The lowest BCUT2D eigenvalue weighted by Crippen LogP contribution is -2.49. The molecular weight excluding hydrogens is 198 g/mol. The van der Waals surface area contributed by atoms with E-state index in [-0.39, 0.29) is 11.6 Å². The smallest absolute Gasteiger partial charge is 0.0828 e. The van der Waals surface area contributed by atoms with E-state index in [9.17, 15) is 0 Å². The molecule has 2 N–H and O–H groups in total. The number of ether oxygens (including phenoxy) is 1. The lowest BCUT2D eigenvalue weighted by molar-refractivity contribution is -0.0456. The molecule has 0 aliphatic heterocycles. The van der Waals surface area contributed by atoms with Crippen LogP contribution in [0, 0.1) is 5.92 Å². The van der Waals surface area contributed by atoms with Crippen LogP contribution in [0.4, 0.5) is 0 Å². The summed E-state index contributed by atoms with van der Waals surface area (Å²) in [5, 5.41) is 0. The highest BCUT2D eigenvalue weighted by Gasteiger charge is 2.37. The van der Waals surface area contributed by atoms with Crippen molar-refractivity contribution < 1.29 is 4.74 Å². The normalized spacial score (nSPS) is 27.4. The Labute approximate surface area is 99.9 Å². The van der Waals surface area contributed by atoms with Crippen LogP contribution in [-0.4, -0.2) is 18.8 Å². The SMILES string of the molecule is COC1(C(N)CCC2CC2)CCCCCC1. The maximum absolute atomic E-state index is 6.41. The molecule has 2 aliphatic carbocycles. The maximum atomic E-state index is 6.41. The van der Waals surface area contributed by atoms with E-state index in [1.165, 1.54) is 64.2 Å². The van der Waals surface area contributed by atoms with Crippen LogP contribution in [0.25, 0.3) is 0 Å². The molecule has 0 spiro atoms. The molecule has 2 saturated carbocycles. The molecule has 0 bridgehead atoms. The summed E-state index contributed by atoms with van der Waals surface area (Å²) in [5.74, 6) is 0.991. The lowest BCUT2D eigenvalue weighted by Gasteiger charge is -2.37. The van der Waals surface area contributed by atoms with Crippen molar-refractivity contribution in [2.75, 3.05) is 7.11 Å². The van der Waals surface area contributed by atoms with Gasteiger partial charge in [-0.3, -0.25) is 0 Å². The third kappa shape index (κ3) is 2.98. The zero-order valence-corrected chi connectivity index (χ0v) is 10.7. The van der Waals surface area contributed by atoms with Crippen molar-refractivity contribution in [3.8, 4) is 0 Å². The summed E-state index contributed by atoms with van der Waals surface area (Å²) in [6.45, 7) is 0. The van der Waals surface area contributed by atoms with Crippen LogP contribution in [0.1, 0.15) is 64.2 Å². The molecule has 2 nitrogen and oxygen atoms in total. The Balaban J connectivity index is 1.88. The summed E-state index contributed by atoms with van der Waals surface area (Å²) in [7, 11) is 1.86. The summed E-state index contributed by atoms with van der Waals surface area (Å²) in [4.78, 5) is 0. The van der Waals surface area contributed by atoms with E-state index in [1.54, 1.807) is 0 Å². The number of rotatable bonds is 5. The van der Waals surface area contributed by atoms with Crippen LogP contribution in [-0.2, 0) is 4.74 Å². The molecule has 1 unspecified atom stereocenters. The van der Waals surface area contributed by atoms with Gasteiger partial charge in [0.1, 0.15) is 0 Å². The molecule has 2 rings (SSSR count). The van der Waals surface area contributed by atoms with Crippen molar-refractivity contribution in [1.82, 2.24) is 0 Å². The Hall–Kier alpha value is -0.0800. The second kappa shape index (κ2) is 5.50. The molecular formula is C14H27NO. The van der Waals surface area contributed by atoms with Crippen molar-refractivity contribution >= 4 is 0 Å². The summed E-state index contributed by atoms with van der Waals surface area (Å²) >= 11 is 0. The van der Waals surface area contributed by atoms with Gasteiger partial charge in [-0.2, -0.15) is 0 Å². The van der Waals surface area contributed by atoms with Gasteiger partial charge < -0.3 is 10.5 Å². The Morgan fingerprint density at radius 2 is 1.81 bits per heavy atom. The Morgan fingerprint density at radius 3 is 2.31 bits per heavy atom. The summed E-state index contributed by atoms with van der Waals surface area (Å²) in [5.41, 5.74) is 6.42. The number of nitrogens with two attached hydrogens (primary N) is 1. The Kier molecular flexibility index (Phi) is 4.26. The highest BCUT2D eigenvalue weighted by Crippen LogP contribution is 2.38. The zero-order chi connectivity index (χ0) is 11.4. The fourth-order valence-corrected chi connectivity index (χ4v) is 3.14. The monoisotopic (exact) mass is 225 g/mol. The van der Waals surface area contributed by atoms with Gasteiger partial charge in [-0.25, -0.2) is 0 Å². The van der Waals surface area contributed by atoms with E-state index in [0.29, 0.717) is 0 Å². The molecule has 0 radical (unpaired) electrons. The highest BCUT2D eigenvalue weighted by molar-refractivity contribution is 4.93. The number of hydrogen-bond acceptors (Lipinski definition) is 2. The molecule has 0 aromatic rings. The molecule has 94 valence electrons. The van der Waals surface area contributed by atoms with Gasteiger partial charge in [-0.15, -0.1) is 0 Å². The van der Waals surface area contributed by atoms with Crippen molar-refractivity contribution in [3.63, 3.8) is 0 Å². The van der Waals surface area contributed by atoms with E-state index in [4.69, 9.17) is 10.5 Å². The van der Waals surface area contributed by atoms with Crippen LogP contribution in [0.15, 0.2) is 0 Å². The van der Waals surface area contributed by atoms with Crippen LogP contribution >= 0.6 is 0 Å². The third-order valence-electron chi connectivity index (χ3n) is 4.62. The first-order chi connectivity index (χ1) is 7.77. The number of hydrogen-bond donors (Lipinski definition) is 1. The highest BCUT2D eigenvalue weighted by atomic mass is 16.5. The van der Waals surface area contributed by atoms with E-state index >= 15 is 0 Å². The van der Waals surface area contributed by atoms with Gasteiger partial charge in [0.05, 0.1) is 5.60 Å². The molecule has 1 atom stereocenters. The molecule has 0 heterocycles. The van der Waals surface area contributed by atoms with Crippen molar-refractivity contribution in [2.24, 2.45) is 11.7 Å². The van der Waals surface area contributed by atoms with Crippen molar-refractivity contribution in [3.05, 3.63) is 0 Å². The van der Waals surface area contributed by atoms with E-state index < -0.39 is 0 Å². The second-order valence-electron chi connectivity index (χ2n) is 5.81. The van der Waals surface area contributed by atoms with Gasteiger partial charge >= 0.3 is 0 Å². The maximum Gasteiger partial charge on any atom is 0.0828 e. The second-order valence-corrected chi connectivity index (χ2v) is 5.81. The largest absolute Gasteiger partial charge is 0.377 e.